The van der Waals surface area contributed by atoms with Crippen molar-refractivity contribution in [1.29, 1.82) is 0 Å². The van der Waals surface area contributed by atoms with Crippen molar-refractivity contribution in [3.63, 3.8) is 0 Å². The predicted molar refractivity (Wildman–Crippen MR) is 123 cm³/mol. The minimum absolute atomic E-state index is 0.0306. The van der Waals surface area contributed by atoms with Gasteiger partial charge < -0.3 is 10.0 Å². The van der Waals surface area contributed by atoms with Crippen LogP contribution in [0.5, 0.6) is 0 Å². The van der Waals surface area contributed by atoms with Gasteiger partial charge in [-0.2, -0.15) is 5.10 Å². The lowest BCUT2D eigenvalue weighted by Crippen LogP contribution is -2.54. The second kappa shape index (κ2) is 8.69. The number of aliphatic hydroxyl groups is 1. The third-order valence-corrected chi connectivity index (χ3v) is 7.96. The van der Waals surface area contributed by atoms with Crippen molar-refractivity contribution in [2.45, 2.75) is 12.1 Å². The molecule has 2 aromatic heterocycles. The molecule has 172 valence electrons. The van der Waals surface area contributed by atoms with Gasteiger partial charge in [0, 0.05) is 50.3 Å². The lowest BCUT2D eigenvalue weighted by molar-refractivity contribution is 0.0377. The molecule has 0 bridgehead atoms. The maximum absolute atomic E-state index is 13.5. The summed E-state index contributed by atoms with van der Waals surface area (Å²) in [7, 11) is -3.22. The molecule has 2 aliphatic heterocycles. The third kappa shape index (κ3) is 4.41. The first-order chi connectivity index (χ1) is 15.9. The largest absolute Gasteiger partial charge is 0.390 e. The summed E-state index contributed by atoms with van der Waals surface area (Å²) >= 11 is 0. The Morgan fingerprint density at radius 2 is 1.76 bits per heavy atom. The number of sulfone groups is 1. The summed E-state index contributed by atoms with van der Waals surface area (Å²) in [5.74, 6) is -0.351. The van der Waals surface area contributed by atoms with E-state index in [-0.39, 0.29) is 17.4 Å². The van der Waals surface area contributed by atoms with Crippen LogP contribution in [0.15, 0.2) is 61.1 Å². The zero-order chi connectivity index (χ0) is 23.0. The molecule has 5 rings (SSSR count). The molecule has 1 amide bonds. The number of benzene rings is 1. The van der Waals surface area contributed by atoms with E-state index in [1.807, 2.05) is 47.4 Å². The van der Waals surface area contributed by atoms with Gasteiger partial charge in [0.05, 0.1) is 34.9 Å². The molecule has 1 aromatic carbocycles. The Morgan fingerprint density at radius 3 is 2.39 bits per heavy atom. The molecule has 4 heterocycles. The van der Waals surface area contributed by atoms with Gasteiger partial charge in [0.2, 0.25) is 0 Å². The first kappa shape index (κ1) is 21.7. The van der Waals surface area contributed by atoms with Crippen LogP contribution in [0, 0.1) is 0 Å². The average Bonchev–Trinajstić information content (AvgIpc) is 3.40. The van der Waals surface area contributed by atoms with Crippen LogP contribution >= 0.6 is 0 Å². The van der Waals surface area contributed by atoms with E-state index in [9.17, 15) is 18.3 Å². The fraction of sp³-hybridized carbons (Fsp3) is 0.348. The number of aromatic nitrogens is 3. The lowest BCUT2D eigenvalue weighted by Gasteiger charge is -2.38. The van der Waals surface area contributed by atoms with Gasteiger partial charge in [-0.25, -0.2) is 13.1 Å². The molecule has 2 atom stereocenters. The topological polar surface area (TPSA) is 109 Å². The highest BCUT2D eigenvalue weighted by Crippen LogP contribution is 2.26. The van der Waals surface area contributed by atoms with Crippen LogP contribution in [0.4, 0.5) is 0 Å². The SMILES string of the molecule is O=C(c1cn(-c2ccccc2)nc1-c1cccnc1)N1CCN([C@@H]2CS(=O)(=O)C[C@@H]2O)CC1. The number of hydrogen-bond acceptors (Lipinski definition) is 7. The Balaban J connectivity index is 1.38. The first-order valence-electron chi connectivity index (χ1n) is 10.9. The maximum atomic E-state index is 13.5. The standard InChI is InChI=1S/C23H25N5O4S/c29-21-16-33(31,32)15-20(21)26-9-11-27(12-10-26)23(30)19-14-28(18-6-2-1-3-7-18)25-22(19)17-5-4-8-24-13-17/h1-8,13-14,20-21,29H,9-12,15-16H2/t20-,21+/m1/s1. The smallest absolute Gasteiger partial charge is 0.257 e. The van der Waals surface area contributed by atoms with Crippen molar-refractivity contribution in [3.8, 4) is 16.9 Å². The Bertz CT molecular complexity index is 1240. The van der Waals surface area contributed by atoms with Gasteiger partial charge in [0.1, 0.15) is 5.69 Å². The molecule has 1 N–H and O–H groups in total. The molecule has 9 nitrogen and oxygen atoms in total. The van der Waals surface area contributed by atoms with Crippen molar-refractivity contribution in [2.75, 3.05) is 37.7 Å². The van der Waals surface area contributed by atoms with Crippen LogP contribution in [-0.4, -0.2) is 93.8 Å². The zero-order valence-electron chi connectivity index (χ0n) is 18.0. The summed E-state index contributed by atoms with van der Waals surface area (Å²) in [6, 6.07) is 12.9. The van der Waals surface area contributed by atoms with E-state index in [0.717, 1.165) is 11.3 Å². The maximum Gasteiger partial charge on any atom is 0.257 e. The van der Waals surface area contributed by atoms with Crippen molar-refractivity contribution >= 4 is 15.7 Å². The van der Waals surface area contributed by atoms with Gasteiger partial charge in [-0.15, -0.1) is 0 Å². The Labute approximate surface area is 192 Å². The normalized spacial score (nSPS) is 23.0. The van der Waals surface area contributed by atoms with Crippen LogP contribution in [0.3, 0.4) is 0 Å². The van der Waals surface area contributed by atoms with Crippen molar-refractivity contribution in [1.82, 2.24) is 24.6 Å². The van der Waals surface area contributed by atoms with E-state index in [1.54, 1.807) is 28.2 Å². The molecule has 0 saturated carbocycles. The number of para-hydroxylation sites is 1. The van der Waals surface area contributed by atoms with E-state index in [0.29, 0.717) is 37.4 Å². The van der Waals surface area contributed by atoms with Gasteiger partial charge >= 0.3 is 0 Å². The summed E-state index contributed by atoms with van der Waals surface area (Å²) in [5, 5.41) is 14.9. The van der Waals surface area contributed by atoms with E-state index in [4.69, 9.17) is 0 Å². The Hall–Kier alpha value is -3.08. The van der Waals surface area contributed by atoms with Crippen molar-refractivity contribution in [2.24, 2.45) is 0 Å². The fourth-order valence-corrected chi connectivity index (χ4v) is 6.38. The number of carbonyl (C=O) groups excluding carboxylic acids is 1. The van der Waals surface area contributed by atoms with Gasteiger partial charge in [0.25, 0.3) is 5.91 Å². The van der Waals surface area contributed by atoms with Gasteiger partial charge in [-0.1, -0.05) is 18.2 Å². The van der Waals surface area contributed by atoms with E-state index in [1.165, 1.54) is 0 Å². The molecule has 3 aromatic rings. The monoisotopic (exact) mass is 467 g/mol. The second-order valence-electron chi connectivity index (χ2n) is 8.45. The van der Waals surface area contributed by atoms with Crippen molar-refractivity contribution in [3.05, 3.63) is 66.6 Å². The molecule has 0 unspecified atom stereocenters. The predicted octanol–water partition coefficient (Wildman–Crippen LogP) is 0.850. The Morgan fingerprint density at radius 1 is 1.00 bits per heavy atom. The van der Waals surface area contributed by atoms with Crippen LogP contribution in [0.1, 0.15) is 10.4 Å². The number of hydrogen-bond donors (Lipinski definition) is 1. The number of aliphatic hydroxyl groups excluding tert-OH is 1. The van der Waals surface area contributed by atoms with E-state index in [2.05, 4.69) is 10.1 Å². The number of piperazine rings is 1. The highest BCUT2D eigenvalue weighted by atomic mass is 32.2. The van der Waals surface area contributed by atoms with Gasteiger partial charge in [-0.05, 0) is 24.3 Å². The molecule has 0 radical (unpaired) electrons. The highest BCUT2D eigenvalue weighted by molar-refractivity contribution is 7.91. The van der Waals surface area contributed by atoms with Gasteiger partial charge in [0.15, 0.2) is 9.84 Å². The molecule has 0 spiro atoms. The third-order valence-electron chi connectivity index (χ3n) is 6.26. The summed E-state index contributed by atoms with van der Waals surface area (Å²) in [6.07, 6.45) is 4.24. The second-order valence-corrected chi connectivity index (χ2v) is 10.6. The lowest BCUT2D eigenvalue weighted by atomic mass is 10.1. The molecule has 10 heteroatoms. The van der Waals surface area contributed by atoms with Crippen LogP contribution < -0.4 is 0 Å². The van der Waals surface area contributed by atoms with Crippen LogP contribution in [0.2, 0.25) is 0 Å². The van der Waals surface area contributed by atoms with E-state index < -0.39 is 22.0 Å². The van der Waals surface area contributed by atoms with Crippen LogP contribution in [0.25, 0.3) is 16.9 Å². The summed E-state index contributed by atoms with van der Waals surface area (Å²) in [6.45, 7) is 1.92. The molecular formula is C23H25N5O4S. The Kier molecular flexibility index (Phi) is 5.73. The summed E-state index contributed by atoms with van der Waals surface area (Å²) in [4.78, 5) is 21.4. The molecule has 2 aliphatic rings. The molecule has 2 fully saturated rings. The highest BCUT2D eigenvalue weighted by Gasteiger charge is 2.41. The van der Waals surface area contributed by atoms with Gasteiger partial charge in [-0.3, -0.25) is 14.7 Å². The minimum atomic E-state index is -3.22. The average molecular weight is 468 g/mol. The zero-order valence-corrected chi connectivity index (χ0v) is 18.8. The molecule has 2 saturated heterocycles. The summed E-state index contributed by atoms with van der Waals surface area (Å²) < 4.78 is 25.5. The van der Waals surface area contributed by atoms with Crippen molar-refractivity contribution < 1.29 is 18.3 Å². The quantitative estimate of drug-likeness (QED) is 0.606. The summed E-state index contributed by atoms with van der Waals surface area (Å²) in [5.41, 5.74) is 2.66. The number of amides is 1. The number of rotatable bonds is 4. The van der Waals surface area contributed by atoms with E-state index >= 15 is 0 Å². The fourth-order valence-electron chi connectivity index (χ4n) is 4.55. The minimum Gasteiger partial charge on any atom is -0.390 e. The van der Waals surface area contributed by atoms with Crippen LogP contribution in [-0.2, 0) is 9.84 Å². The number of pyridine rings is 1. The number of carbonyl (C=O) groups is 1. The number of nitrogens with zero attached hydrogens (tertiary/aromatic N) is 5. The first-order valence-corrected chi connectivity index (χ1v) is 12.7. The molecule has 0 aliphatic carbocycles. The molecule has 33 heavy (non-hydrogen) atoms. The molecular weight excluding hydrogens is 442 g/mol.